The standard InChI is InChI=1S/C19H36N4O3S.HI/c1-5-20-18(21-11-12-27(25,26)19(2,3)4)23-16-8-6-7-14(13-16)17(24)22-15-9-10-15;/h14-16H,5-13H2,1-4H3,(H,22,24)(H2,20,21,23);1H. The van der Waals surface area contributed by atoms with Crippen LogP contribution in [0.25, 0.3) is 0 Å². The molecule has 0 heterocycles. The fourth-order valence-electron chi connectivity index (χ4n) is 3.20. The topological polar surface area (TPSA) is 99.7 Å². The molecule has 0 aromatic rings. The normalized spacial score (nSPS) is 23.5. The highest BCUT2D eigenvalue weighted by Gasteiger charge is 2.32. The van der Waals surface area contributed by atoms with E-state index in [1.54, 1.807) is 20.8 Å². The minimum absolute atomic E-state index is 0. The summed E-state index contributed by atoms with van der Waals surface area (Å²) in [5, 5.41) is 9.69. The zero-order valence-corrected chi connectivity index (χ0v) is 20.7. The summed E-state index contributed by atoms with van der Waals surface area (Å²) in [7, 11) is -3.18. The van der Waals surface area contributed by atoms with Gasteiger partial charge in [0, 0.05) is 24.5 Å². The molecule has 0 aromatic heterocycles. The molecule has 3 N–H and O–H groups in total. The maximum atomic E-state index is 12.3. The maximum Gasteiger partial charge on any atom is 0.223 e. The molecule has 2 aliphatic rings. The Morgan fingerprint density at radius 3 is 2.32 bits per heavy atom. The van der Waals surface area contributed by atoms with E-state index in [-0.39, 0.29) is 54.1 Å². The number of halogens is 1. The molecule has 9 heteroatoms. The SMILES string of the molecule is CCNC(=NCCS(=O)(=O)C(C)(C)C)NC1CCCC(C(=O)NC2CC2)C1.I. The van der Waals surface area contributed by atoms with E-state index < -0.39 is 14.6 Å². The number of guanidine groups is 1. The Kier molecular flexibility index (Phi) is 9.99. The van der Waals surface area contributed by atoms with E-state index in [1.165, 1.54) is 0 Å². The molecule has 164 valence electrons. The Morgan fingerprint density at radius 1 is 1.07 bits per heavy atom. The molecule has 2 aliphatic carbocycles. The number of nitrogens with zero attached hydrogens (tertiary/aromatic N) is 1. The number of hydrogen-bond donors (Lipinski definition) is 3. The summed E-state index contributed by atoms with van der Waals surface area (Å²) in [6, 6.07) is 0.584. The van der Waals surface area contributed by atoms with Crippen molar-refractivity contribution in [2.24, 2.45) is 10.9 Å². The molecular formula is C19H37IN4O3S. The van der Waals surface area contributed by atoms with Crippen molar-refractivity contribution in [3.63, 3.8) is 0 Å². The predicted molar refractivity (Wildman–Crippen MR) is 125 cm³/mol. The average molecular weight is 529 g/mol. The number of hydrogen-bond acceptors (Lipinski definition) is 4. The van der Waals surface area contributed by atoms with Crippen LogP contribution in [-0.4, -0.2) is 56.0 Å². The summed E-state index contributed by atoms with van der Waals surface area (Å²) in [6.45, 7) is 8.05. The van der Waals surface area contributed by atoms with Crippen LogP contribution < -0.4 is 16.0 Å². The van der Waals surface area contributed by atoms with E-state index in [2.05, 4.69) is 20.9 Å². The van der Waals surface area contributed by atoms with Crippen molar-refractivity contribution in [1.82, 2.24) is 16.0 Å². The van der Waals surface area contributed by atoms with Crippen molar-refractivity contribution < 1.29 is 13.2 Å². The Hall–Kier alpha value is -0.580. The quantitative estimate of drug-likeness (QED) is 0.267. The molecule has 2 fully saturated rings. The second-order valence-corrected chi connectivity index (χ2v) is 11.5. The third-order valence-electron chi connectivity index (χ3n) is 5.22. The minimum Gasteiger partial charge on any atom is -0.357 e. The van der Waals surface area contributed by atoms with Crippen LogP contribution in [0.15, 0.2) is 4.99 Å². The van der Waals surface area contributed by atoms with Crippen LogP contribution in [0, 0.1) is 5.92 Å². The summed E-state index contributed by atoms with van der Waals surface area (Å²) in [5.41, 5.74) is 0. The van der Waals surface area contributed by atoms with Crippen molar-refractivity contribution in [3.05, 3.63) is 0 Å². The van der Waals surface area contributed by atoms with E-state index in [9.17, 15) is 13.2 Å². The molecule has 7 nitrogen and oxygen atoms in total. The van der Waals surface area contributed by atoms with Gasteiger partial charge in [0.15, 0.2) is 15.8 Å². The first-order valence-corrected chi connectivity index (χ1v) is 11.8. The average Bonchev–Trinajstić information content (AvgIpc) is 3.38. The highest BCUT2D eigenvalue weighted by Crippen LogP contribution is 2.26. The number of carbonyl (C=O) groups excluding carboxylic acids is 1. The summed E-state index contributed by atoms with van der Waals surface area (Å²) >= 11 is 0. The number of aliphatic imine (C=N–C) groups is 1. The Balaban J connectivity index is 0.00000392. The van der Waals surface area contributed by atoms with Crippen LogP contribution >= 0.6 is 24.0 Å². The molecule has 0 aliphatic heterocycles. The molecule has 2 saturated carbocycles. The van der Waals surface area contributed by atoms with E-state index in [1.807, 2.05) is 6.92 Å². The number of rotatable bonds is 7. The number of nitrogens with one attached hydrogen (secondary N) is 3. The number of carbonyl (C=O) groups is 1. The monoisotopic (exact) mass is 528 g/mol. The molecule has 0 aromatic carbocycles. The highest BCUT2D eigenvalue weighted by molar-refractivity contribution is 14.0. The minimum atomic E-state index is -3.18. The summed E-state index contributed by atoms with van der Waals surface area (Å²) in [4.78, 5) is 16.8. The second kappa shape index (κ2) is 11.0. The number of amides is 1. The number of sulfone groups is 1. The zero-order valence-electron chi connectivity index (χ0n) is 17.6. The second-order valence-electron chi connectivity index (χ2n) is 8.68. The predicted octanol–water partition coefficient (Wildman–Crippen LogP) is 2.21. The maximum absolute atomic E-state index is 12.3. The molecule has 2 rings (SSSR count). The van der Waals surface area contributed by atoms with Crippen LogP contribution in [0.1, 0.15) is 66.2 Å². The van der Waals surface area contributed by atoms with Gasteiger partial charge in [-0.1, -0.05) is 6.42 Å². The Bertz CT molecular complexity index is 642. The first kappa shape index (κ1) is 25.5. The molecule has 0 saturated heterocycles. The van der Waals surface area contributed by atoms with Crippen LogP contribution in [0.5, 0.6) is 0 Å². The molecule has 2 atom stereocenters. The van der Waals surface area contributed by atoms with Crippen molar-refractivity contribution in [1.29, 1.82) is 0 Å². The lowest BCUT2D eigenvalue weighted by Gasteiger charge is -2.30. The molecule has 2 unspecified atom stereocenters. The van der Waals surface area contributed by atoms with Gasteiger partial charge in [-0.05, 0) is 59.8 Å². The van der Waals surface area contributed by atoms with Crippen molar-refractivity contribution >= 4 is 45.7 Å². The molecular weight excluding hydrogens is 491 g/mol. The Morgan fingerprint density at radius 2 is 1.75 bits per heavy atom. The van der Waals surface area contributed by atoms with Gasteiger partial charge in [0.2, 0.25) is 5.91 Å². The van der Waals surface area contributed by atoms with Crippen molar-refractivity contribution in [2.45, 2.75) is 83.1 Å². The fourth-order valence-corrected chi connectivity index (χ4v) is 4.15. The van der Waals surface area contributed by atoms with E-state index in [0.717, 1.165) is 38.5 Å². The fraction of sp³-hybridized carbons (Fsp3) is 0.895. The first-order valence-electron chi connectivity index (χ1n) is 10.2. The van der Waals surface area contributed by atoms with Gasteiger partial charge < -0.3 is 16.0 Å². The van der Waals surface area contributed by atoms with E-state index in [0.29, 0.717) is 18.5 Å². The van der Waals surface area contributed by atoms with Gasteiger partial charge in [0.1, 0.15) is 0 Å². The molecule has 0 radical (unpaired) electrons. The summed E-state index contributed by atoms with van der Waals surface area (Å²) in [5.74, 6) is 0.905. The lowest BCUT2D eigenvalue weighted by molar-refractivity contribution is -0.126. The van der Waals surface area contributed by atoms with Crippen molar-refractivity contribution in [2.75, 3.05) is 18.8 Å². The molecule has 0 spiro atoms. The van der Waals surface area contributed by atoms with Gasteiger partial charge in [-0.15, -0.1) is 24.0 Å². The van der Waals surface area contributed by atoms with Gasteiger partial charge in [-0.2, -0.15) is 0 Å². The van der Waals surface area contributed by atoms with Gasteiger partial charge in [-0.25, -0.2) is 8.42 Å². The lowest BCUT2D eigenvalue weighted by Crippen LogP contribution is -2.47. The smallest absolute Gasteiger partial charge is 0.223 e. The highest BCUT2D eigenvalue weighted by atomic mass is 127. The van der Waals surface area contributed by atoms with E-state index >= 15 is 0 Å². The lowest BCUT2D eigenvalue weighted by atomic mass is 9.85. The Labute approximate surface area is 187 Å². The third kappa shape index (κ3) is 8.04. The summed E-state index contributed by atoms with van der Waals surface area (Å²) < 4.78 is 23.7. The van der Waals surface area contributed by atoms with Crippen LogP contribution in [0.4, 0.5) is 0 Å². The van der Waals surface area contributed by atoms with Gasteiger partial charge in [0.25, 0.3) is 0 Å². The van der Waals surface area contributed by atoms with Gasteiger partial charge >= 0.3 is 0 Å². The summed E-state index contributed by atoms with van der Waals surface area (Å²) in [6.07, 6.45) is 5.96. The zero-order chi connectivity index (χ0) is 20.1. The molecule has 28 heavy (non-hydrogen) atoms. The molecule has 0 bridgehead atoms. The van der Waals surface area contributed by atoms with Gasteiger partial charge in [-0.3, -0.25) is 9.79 Å². The van der Waals surface area contributed by atoms with Crippen molar-refractivity contribution in [3.8, 4) is 0 Å². The van der Waals surface area contributed by atoms with Crippen LogP contribution in [-0.2, 0) is 14.6 Å². The third-order valence-corrected chi connectivity index (χ3v) is 7.80. The van der Waals surface area contributed by atoms with Crippen LogP contribution in [0.3, 0.4) is 0 Å². The van der Waals surface area contributed by atoms with Gasteiger partial charge in [0.05, 0.1) is 17.0 Å². The largest absolute Gasteiger partial charge is 0.357 e. The van der Waals surface area contributed by atoms with Crippen LogP contribution in [0.2, 0.25) is 0 Å². The first-order chi connectivity index (χ1) is 12.6. The molecule has 1 amide bonds. The van der Waals surface area contributed by atoms with E-state index in [4.69, 9.17) is 0 Å².